The van der Waals surface area contributed by atoms with Crippen molar-refractivity contribution in [3.63, 3.8) is 0 Å². The molecule has 2 heterocycles. The summed E-state index contributed by atoms with van der Waals surface area (Å²) < 4.78 is 11.6. The highest BCUT2D eigenvalue weighted by atomic mass is 79.9. The number of hydrogen-bond donors (Lipinski definition) is 1. The summed E-state index contributed by atoms with van der Waals surface area (Å²) in [5, 5.41) is 3.46. The van der Waals surface area contributed by atoms with Crippen molar-refractivity contribution in [1.29, 1.82) is 0 Å². The van der Waals surface area contributed by atoms with E-state index in [2.05, 4.69) is 35.1 Å². The number of furan rings is 1. The van der Waals surface area contributed by atoms with E-state index in [0.717, 1.165) is 30.0 Å². The van der Waals surface area contributed by atoms with Crippen molar-refractivity contribution >= 4 is 15.9 Å². The molecule has 1 saturated heterocycles. The van der Waals surface area contributed by atoms with E-state index in [-0.39, 0.29) is 6.04 Å². The monoisotopic (exact) mass is 273 g/mol. The summed E-state index contributed by atoms with van der Waals surface area (Å²) in [6, 6.07) is 2.15. The number of ether oxygens (including phenoxy) is 1. The van der Waals surface area contributed by atoms with E-state index >= 15 is 0 Å². The molecule has 1 N–H and O–H groups in total. The Morgan fingerprint density at radius 2 is 2.33 bits per heavy atom. The van der Waals surface area contributed by atoms with Crippen molar-refractivity contribution in [1.82, 2.24) is 5.32 Å². The van der Waals surface area contributed by atoms with E-state index in [0.29, 0.717) is 5.41 Å². The van der Waals surface area contributed by atoms with Gasteiger partial charge in [0.25, 0.3) is 0 Å². The summed E-state index contributed by atoms with van der Waals surface area (Å²) in [5.74, 6) is 0.957. The van der Waals surface area contributed by atoms with Crippen LogP contribution in [0, 0.1) is 5.41 Å². The Labute approximate surface area is 98.3 Å². The van der Waals surface area contributed by atoms with Crippen molar-refractivity contribution in [2.45, 2.75) is 19.9 Å². The highest BCUT2D eigenvalue weighted by molar-refractivity contribution is 9.10. The summed E-state index contributed by atoms with van der Waals surface area (Å²) in [6.07, 6.45) is 1.70. The first-order chi connectivity index (χ1) is 7.11. The molecule has 84 valence electrons. The Hall–Kier alpha value is -0.320. The summed E-state index contributed by atoms with van der Waals surface area (Å²) in [6.45, 7) is 7.00. The molecule has 1 aromatic heterocycles. The van der Waals surface area contributed by atoms with E-state index in [1.165, 1.54) is 0 Å². The van der Waals surface area contributed by atoms with Crippen LogP contribution in [0.5, 0.6) is 0 Å². The van der Waals surface area contributed by atoms with Gasteiger partial charge in [-0.25, -0.2) is 0 Å². The third-order valence-corrected chi connectivity index (χ3v) is 3.43. The summed E-state index contributed by atoms with van der Waals surface area (Å²) in [4.78, 5) is 0. The van der Waals surface area contributed by atoms with Gasteiger partial charge in [0.1, 0.15) is 5.76 Å². The molecular weight excluding hydrogens is 258 g/mol. The molecule has 1 aliphatic rings. The van der Waals surface area contributed by atoms with Crippen LogP contribution in [0.4, 0.5) is 0 Å². The van der Waals surface area contributed by atoms with Crippen molar-refractivity contribution < 1.29 is 9.15 Å². The molecule has 0 aliphatic carbocycles. The van der Waals surface area contributed by atoms with Crippen LogP contribution in [0.1, 0.15) is 25.6 Å². The minimum Gasteiger partial charge on any atom is -0.466 e. The largest absolute Gasteiger partial charge is 0.466 e. The van der Waals surface area contributed by atoms with Gasteiger partial charge in [-0.1, -0.05) is 6.92 Å². The fourth-order valence-corrected chi connectivity index (χ4v) is 2.20. The van der Waals surface area contributed by atoms with Gasteiger partial charge in [-0.3, -0.25) is 0 Å². The molecule has 1 aliphatic heterocycles. The van der Waals surface area contributed by atoms with E-state index in [1.54, 1.807) is 6.26 Å². The van der Waals surface area contributed by atoms with Crippen molar-refractivity contribution in [3.8, 4) is 0 Å². The van der Waals surface area contributed by atoms with E-state index < -0.39 is 0 Å². The number of halogens is 1. The molecule has 3 nitrogen and oxygen atoms in total. The van der Waals surface area contributed by atoms with Crippen LogP contribution in [0.3, 0.4) is 0 Å². The minimum atomic E-state index is 0.229. The zero-order chi connectivity index (χ0) is 10.9. The lowest BCUT2D eigenvalue weighted by Gasteiger charge is -2.38. The highest BCUT2D eigenvalue weighted by Crippen LogP contribution is 2.28. The Balaban J connectivity index is 1.87. The highest BCUT2D eigenvalue weighted by Gasteiger charge is 2.33. The molecule has 0 saturated carbocycles. The lowest BCUT2D eigenvalue weighted by molar-refractivity contribution is -0.100. The molecular formula is C11H16BrNO2. The van der Waals surface area contributed by atoms with Gasteiger partial charge in [0.05, 0.1) is 30.0 Å². The zero-order valence-electron chi connectivity index (χ0n) is 9.05. The maximum absolute atomic E-state index is 5.40. The first-order valence-electron chi connectivity index (χ1n) is 5.15. The lowest BCUT2D eigenvalue weighted by atomic mass is 9.88. The third-order valence-electron chi connectivity index (χ3n) is 2.77. The Kier molecular flexibility index (Phi) is 3.19. The SMILES string of the molecule is CC(NCC1(C)COC1)c1occc1Br. The van der Waals surface area contributed by atoms with Gasteiger partial charge < -0.3 is 14.5 Å². The molecule has 1 fully saturated rings. The molecule has 1 aromatic rings. The van der Waals surface area contributed by atoms with Gasteiger partial charge in [-0.05, 0) is 28.9 Å². The number of rotatable bonds is 4. The molecule has 0 bridgehead atoms. The van der Waals surface area contributed by atoms with Gasteiger partial charge in [0.2, 0.25) is 0 Å². The average Bonchev–Trinajstić information content (AvgIpc) is 2.58. The van der Waals surface area contributed by atoms with Crippen LogP contribution < -0.4 is 5.32 Å². The molecule has 2 rings (SSSR count). The van der Waals surface area contributed by atoms with Crippen LogP contribution in [0.15, 0.2) is 21.2 Å². The molecule has 1 atom stereocenters. The fourth-order valence-electron chi connectivity index (χ4n) is 1.66. The molecule has 0 radical (unpaired) electrons. The molecule has 0 aromatic carbocycles. The predicted octanol–water partition coefficient (Wildman–Crippen LogP) is 2.73. The van der Waals surface area contributed by atoms with Crippen LogP contribution in [0.25, 0.3) is 0 Å². The van der Waals surface area contributed by atoms with Crippen molar-refractivity contribution in [2.24, 2.45) is 5.41 Å². The maximum Gasteiger partial charge on any atom is 0.134 e. The number of hydrogen-bond acceptors (Lipinski definition) is 3. The summed E-state index contributed by atoms with van der Waals surface area (Å²) in [5.41, 5.74) is 0.299. The van der Waals surface area contributed by atoms with Crippen LogP contribution in [-0.2, 0) is 4.74 Å². The van der Waals surface area contributed by atoms with Crippen LogP contribution >= 0.6 is 15.9 Å². The van der Waals surface area contributed by atoms with Gasteiger partial charge in [0.15, 0.2) is 0 Å². The first kappa shape index (κ1) is 11.2. The standard InChI is InChI=1S/C11H16BrNO2/c1-8(10-9(12)3-4-15-10)13-5-11(2)6-14-7-11/h3-4,8,13H,5-7H2,1-2H3. The molecule has 1 unspecified atom stereocenters. The fraction of sp³-hybridized carbons (Fsp3) is 0.636. The minimum absolute atomic E-state index is 0.229. The third kappa shape index (κ3) is 2.44. The molecule has 4 heteroatoms. The van der Waals surface area contributed by atoms with E-state index in [4.69, 9.17) is 9.15 Å². The second-order valence-electron chi connectivity index (χ2n) is 4.54. The zero-order valence-corrected chi connectivity index (χ0v) is 10.6. The molecule has 0 amide bonds. The summed E-state index contributed by atoms with van der Waals surface area (Å²) in [7, 11) is 0. The topological polar surface area (TPSA) is 34.4 Å². The second-order valence-corrected chi connectivity index (χ2v) is 5.39. The van der Waals surface area contributed by atoms with Crippen LogP contribution in [-0.4, -0.2) is 19.8 Å². The molecule has 0 spiro atoms. The number of nitrogens with one attached hydrogen (secondary N) is 1. The van der Waals surface area contributed by atoms with Crippen molar-refractivity contribution in [2.75, 3.05) is 19.8 Å². The normalized spacial score (nSPS) is 21.0. The van der Waals surface area contributed by atoms with Gasteiger partial charge in [-0.15, -0.1) is 0 Å². The summed E-state index contributed by atoms with van der Waals surface area (Å²) >= 11 is 3.46. The van der Waals surface area contributed by atoms with E-state index in [9.17, 15) is 0 Å². The quantitative estimate of drug-likeness (QED) is 0.916. The van der Waals surface area contributed by atoms with Crippen LogP contribution in [0.2, 0.25) is 0 Å². The lowest BCUT2D eigenvalue weighted by Crippen LogP contribution is -2.47. The molecule has 15 heavy (non-hydrogen) atoms. The van der Waals surface area contributed by atoms with Crippen molar-refractivity contribution in [3.05, 3.63) is 22.6 Å². The second kappa shape index (κ2) is 4.28. The maximum atomic E-state index is 5.40. The Morgan fingerprint density at radius 3 is 2.80 bits per heavy atom. The smallest absolute Gasteiger partial charge is 0.134 e. The predicted molar refractivity (Wildman–Crippen MR) is 61.8 cm³/mol. The van der Waals surface area contributed by atoms with Gasteiger partial charge in [0, 0.05) is 12.0 Å². The first-order valence-corrected chi connectivity index (χ1v) is 5.94. The average molecular weight is 274 g/mol. The van der Waals surface area contributed by atoms with E-state index in [1.807, 2.05) is 6.07 Å². The van der Waals surface area contributed by atoms with Gasteiger partial charge in [-0.2, -0.15) is 0 Å². The Bertz CT molecular complexity index is 333. The Morgan fingerprint density at radius 1 is 1.60 bits per heavy atom. The van der Waals surface area contributed by atoms with Gasteiger partial charge >= 0.3 is 0 Å².